The lowest BCUT2D eigenvalue weighted by Crippen LogP contribution is -2.32. The van der Waals surface area contributed by atoms with Crippen LogP contribution in [-0.4, -0.2) is 33.2 Å². The minimum Gasteiger partial charge on any atom is -0.399 e. The monoisotopic (exact) mass is 568 g/mol. The van der Waals surface area contributed by atoms with Gasteiger partial charge < -0.3 is 15.4 Å². The third kappa shape index (κ3) is 5.02. The second-order valence-corrected chi connectivity index (χ2v) is 10.0. The molecule has 2 heterocycles. The van der Waals surface area contributed by atoms with Crippen LogP contribution in [0.5, 0.6) is 0 Å². The molecule has 5 rings (SSSR count). The van der Waals surface area contributed by atoms with Crippen molar-refractivity contribution >= 4 is 39.1 Å². The second kappa shape index (κ2) is 10.0. The molecule has 0 radical (unpaired) electrons. The molecule has 0 spiro atoms. The van der Waals surface area contributed by atoms with Gasteiger partial charge in [-0.1, -0.05) is 27.5 Å². The Labute approximate surface area is 221 Å². The van der Waals surface area contributed by atoms with Crippen molar-refractivity contribution in [3.05, 3.63) is 99.4 Å². The first-order valence-electron chi connectivity index (χ1n) is 11.4. The summed E-state index contributed by atoms with van der Waals surface area (Å²) in [4.78, 5) is 14.8. The topological polar surface area (TPSA) is 73.4 Å². The van der Waals surface area contributed by atoms with Crippen LogP contribution in [0, 0.1) is 5.82 Å². The molecule has 0 saturated carbocycles. The minimum atomic E-state index is -0.659. The molecule has 1 fully saturated rings. The number of anilines is 1. The zero-order valence-corrected chi connectivity index (χ0v) is 21.7. The minimum absolute atomic E-state index is 0.114. The van der Waals surface area contributed by atoms with E-state index in [0.29, 0.717) is 34.9 Å². The number of nitrogens with zero attached hydrogens (tertiary/aromatic N) is 3. The van der Waals surface area contributed by atoms with Crippen LogP contribution >= 0.6 is 27.5 Å². The van der Waals surface area contributed by atoms with E-state index in [4.69, 9.17) is 27.2 Å². The Morgan fingerprint density at radius 2 is 1.83 bits per heavy atom. The van der Waals surface area contributed by atoms with Gasteiger partial charge in [0.25, 0.3) is 5.91 Å². The lowest BCUT2D eigenvalue weighted by atomic mass is 10.1. The Morgan fingerprint density at radius 1 is 1.11 bits per heavy atom. The summed E-state index contributed by atoms with van der Waals surface area (Å²) in [6.45, 7) is 2.14. The van der Waals surface area contributed by atoms with Gasteiger partial charge in [-0.2, -0.15) is 5.10 Å². The van der Waals surface area contributed by atoms with Crippen molar-refractivity contribution in [1.29, 1.82) is 0 Å². The molecule has 1 aromatic heterocycles. The Morgan fingerprint density at radius 3 is 2.53 bits per heavy atom. The number of carbonyl (C=O) groups is 1. The van der Waals surface area contributed by atoms with Gasteiger partial charge in [-0.05, 0) is 85.6 Å². The summed E-state index contributed by atoms with van der Waals surface area (Å²) in [5.74, 6) is -0.451. The molecular formula is C27H23BrClFN4O2. The Hall–Kier alpha value is -3.20. The van der Waals surface area contributed by atoms with Gasteiger partial charge >= 0.3 is 0 Å². The number of nitrogen functional groups attached to an aromatic ring is 1. The molecule has 1 amide bonds. The summed E-state index contributed by atoms with van der Waals surface area (Å²) in [5, 5.41) is 5.36. The van der Waals surface area contributed by atoms with E-state index in [9.17, 15) is 9.18 Å². The molecule has 6 nitrogen and oxygen atoms in total. The molecule has 36 heavy (non-hydrogen) atoms. The smallest absolute Gasteiger partial charge is 0.253 e. The first-order chi connectivity index (χ1) is 17.3. The van der Waals surface area contributed by atoms with Crippen molar-refractivity contribution in [2.45, 2.75) is 25.7 Å². The number of halogens is 3. The molecule has 3 aromatic carbocycles. The zero-order chi connectivity index (χ0) is 25.4. The van der Waals surface area contributed by atoms with Crippen molar-refractivity contribution in [3.8, 4) is 16.9 Å². The predicted octanol–water partition coefficient (Wildman–Crippen LogP) is 6.17. The summed E-state index contributed by atoms with van der Waals surface area (Å²) >= 11 is 9.62. The van der Waals surface area contributed by atoms with Crippen molar-refractivity contribution in [2.75, 3.05) is 12.3 Å². The fraction of sp³-hybridized carbons (Fsp3) is 0.185. The Kier molecular flexibility index (Phi) is 6.83. The first-order valence-corrected chi connectivity index (χ1v) is 12.6. The van der Waals surface area contributed by atoms with Crippen LogP contribution in [0.3, 0.4) is 0 Å². The predicted molar refractivity (Wildman–Crippen MR) is 141 cm³/mol. The number of amides is 1. The van der Waals surface area contributed by atoms with E-state index in [1.54, 1.807) is 34.7 Å². The highest BCUT2D eigenvalue weighted by atomic mass is 79.9. The van der Waals surface area contributed by atoms with E-state index in [1.807, 2.05) is 42.6 Å². The largest absolute Gasteiger partial charge is 0.399 e. The molecule has 184 valence electrons. The number of ether oxygens (including phenoxy) is 1. The van der Waals surface area contributed by atoms with Gasteiger partial charge in [-0.25, -0.2) is 9.07 Å². The number of benzene rings is 3. The molecule has 1 aliphatic heterocycles. The van der Waals surface area contributed by atoms with Gasteiger partial charge in [0.2, 0.25) is 0 Å². The van der Waals surface area contributed by atoms with E-state index in [1.165, 1.54) is 12.1 Å². The fourth-order valence-electron chi connectivity index (χ4n) is 4.34. The zero-order valence-electron chi connectivity index (χ0n) is 19.4. The highest BCUT2D eigenvalue weighted by Crippen LogP contribution is 2.37. The summed E-state index contributed by atoms with van der Waals surface area (Å²) in [6.07, 6.45) is 1.14. The van der Waals surface area contributed by atoms with Crippen LogP contribution in [0.1, 0.15) is 24.3 Å². The molecule has 0 aliphatic carbocycles. The molecular weight excluding hydrogens is 547 g/mol. The van der Waals surface area contributed by atoms with Crippen LogP contribution in [0.4, 0.5) is 10.1 Å². The number of carbonyl (C=O) groups excluding carboxylic acids is 1. The van der Waals surface area contributed by atoms with E-state index in [2.05, 4.69) is 15.9 Å². The van der Waals surface area contributed by atoms with Crippen molar-refractivity contribution in [1.82, 2.24) is 14.7 Å². The van der Waals surface area contributed by atoms with Crippen molar-refractivity contribution < 1.29 is 13.9 Å². The van der Waals surface area contributed by atoms with Crippen LogP contribution < -0.4 is 5.73 Å². The molecule has 2 N–H and O–H groups in total. The van der Waals surface area contributed by atoms with Crippen LogP contribution in [0.25, 0.3) is 16.9 Å². The summed E-state index contributed by atoms with van der Waals surface area (Å²) in [6, 6.07) is 19.2. The molecule has 2 atom stereocenters. The van der Waals surface area contributed by atoms with E-state index < -0.39 is 12.3 Å². The van der Waals surface area contributed by atoms with Gasteiger partial charge in [-0.3, -0.25) is 4.79 Å². The van der Waals surface area contributed by atoms with E-state index in [-0.39, 0.29) is 11.7 Å². The molecule has 9 heteroatoms. The molecule has 1 saturated heterocycles. The Balaban J connectivity index is 1.53. The Bertz CT molecular complexity index is 1390. The van der Waals surface area contributed by atoms with Gasteiger partial charge in [-0.15, -0.1) is 0 Å². The summed E-state index contributed by atoms with van der Waals surface area (Å²) in [5.41, 5.74) is 10.3. The highest BCUT2D eigenvalue weighted by Gasteiger charge is 2.40. The van der Waals surface area contributed by atoms with Gasteiger partial charge in [0, 0.05) is 39.1 Å². The average molecular weight is 570 g/mol. The van der Waals surface area contributed by atoms with Gasteiger partial charge in [0.15, 0.2) is 6.23 Å². The van der Waals surface area contributed by atoms with Crippen molar-refractivity contribution in [3.63, 3.8) is 0 Å². The second-order valence-electron chi connectivity index (χ2n) is 8.67. The third-order valence-electron chi connectivity index (χ3n) is 6.09. The maximum absolute atomic E-state index is 13.7. The number of hydrogen-bond donors (Lipinski definition) is 1. The van der Waals surface area contributed by atoms with Crippen LogP contribution in [-0.2, 0) is 16.0 Å². The highest BCUT2D eigenvalue weighted by molar-refractivity contribution is 9.10. The molecule has 0 bridgehead atoms. The van der Waals surface area contributed by atoms with E-state index in [0.717, 1.165) is 21.3 Å². The number of aromatic nitrogens is 2. The van der Waals surface area contributed by atoms with Gasteiger partial charge in [0.1, 0.15) is 17.6 Å². The molecule has 4 aromatic rings. The number of nitrogens with two attached hydrogens (primary N) is 1. The number of rotatable bonds is 6. The van der Waals surface area contributed by atoms with Gasteiger partial charge in [0.05, 0.1) is 5.69 Å². The normalized spacial score (nSPS) is 17.7. The maximum atomic E-state index is 13.7. The molecule has 2 unspecified atom stereocenters. The summed E-state index contributed by atoms with van der Waals surface area (Å²) in [7, 11) is 0. The standard InChI is InChI=1S/C27H23BrClFN4O2/c1-16-26(35)33(11-10-17-12-20(29)14-22(31)13-17)27(36-16)24-15-34(23-8-4-19(28)5-9-23)32-25(24)18-2-6-21(30)7-3-18/h2-9,12-16,27H,10-11,31H2,1H3. The van der Waals surface area contributed by atoms with Crippen LogP contribution in [0.15, 0.2) is 77.4 Å². The van der Waals surface area contributed by atoms with Crippen molar-refractivity contribution in [2.24, 2.45) is 0 Å². The SMILES string of the molecule is CC1OC(c2cn(-c3ccc(Br)cc3)nc2-c2ccc(F)cc2)N(CCc2cc(N)cc(Cl)c2)C1=O. The summed E-state index contributed by atoms with van der Waals surface area (Å²) < 4.78 is 22.5. The average Bonchev–Trinajstić information content (AvgIpc) is 3.39. The lowest BCUT2D eigenvalue weighted by Gasteiger charge is -2.23. The third-order valence-corrected chi connectivity index (χ3v) is 6.83. The lowest BCUT2D eigenvalue weighted by molar-refractivity contribution is -0.130. The quantitative estimate of drug-likeness (QED) is 0.282. The fourth-order valence-corrected chi connectivity index (χ4v) is 4.87. The van der Waals surface area contributed by atoms with Crippen LogP contribution in [0.2, 0.25) is 5.02 Å². The first kappa shape index (κ1) is 24.5. The molecule has 1 aliphatic rings. The maximum Gasteiger partial charge on any atom is 0.253 e. The number of hydrogen-bond acceptors (Lipinski definition) is 4. The van der Waals surface area contributed by atoms with E-state index >= 15 is 0 Å².